The molecule has 0 aliphatic carbocycles. The van der Waals surface area contributed by atoms with Crippen molar-refractivity contribution in [1.29, 1.82) is 0 Å². The molecule has 2 aromatic rings. The minimum absolute atomic E-state index is 0.255. The maximum Gasteiger partial charge on any atom is 0.138 e. The zero-order chi connectivity index (χ0) is 15.1. The molecule has 0 aliphatic heterocycles. The maximum atomic E-state index is 6.25. The van der Waals surface area contributed by atoms with Crippen LogP contribution in [0.15, 0.2) is 18.3 Å². The monoisotopic (exact) mass is 285 g/mol. The van der Waals surface area contributed by atoms with Crippen molar-refractivity contribution in [2.24, 2.45) is 7.05 Å². The quantitative estimate of drug-likeness (QED) is 0.457. The van der Waals surface area contributed by atoms with E-state index >= 15 is 0 Å². The highest BCUT2D eigenvalue weighted by Gasteiger charge is 2.33. The van der Waals surface area contributed by atoms with Crippen LogP contribution in [0.4, 0.5) is 5.69 Å². The molecule has 0 unspecified atom stereocenters. The Morgan fingerprint density at radius 3 is 2.50 bits per heavy atom. The topological polar surface area (TPSA) is 43.8 Å². The molecule has 0 saturated heterocycles. The first-order chi connectivity index (χ1) is 9.13. The second-order valence-electron chi connectivity index (χ2n) is 6.86. The number of aryl methyl sites for hydroxylation is 1. The molecule has 4 heteroatoms. The minimum Gasteiger partial charge on any atom is -0.396 e. The fraction of sp³-hybridized carbons (Fsp3) is 0.438. The van der Waals surface area contributed by atoms with Crippen molar-refractivity contribution >= 4 is 24.7 Å². The van der Waals surface area contributed by atoms with Gasteiger partial charge in [0.05, 0.1) is 17.4 Å². The SMILES string of the molecule is Cn1ncc2ccc(C#C[Si](C)(C)C(C)(C)C)c(N)c21. The van der Waals surface area contributed by atoms with Gasteiger partial charge in [0, 0.05) is 18.0 Å². The number of nitrogen functional groups attached to an aromatic ring is 1. The molecule has 0 spiro atoms. The average Bonchev–Trinajstić information content (AvgIpc) is 2.69. The second kappa shape index (κ2) is 4.67. The van der Waals surface area contributed by atoms with Crippen LogP contribution in [0.1, 0.15) is 26.3 Å². The van der Waals surface area contributed by atoms with Crippen LogP contribution >= 0.6 is 0 Å². The molecule has 0 atom stereocenters. The molecule has 0 saturated carbocycles. The molecule has 0 amide bonds. The summed E-state index contributed by atoms with van der Waals surface area (Å²) in [6.07, 6.45) is 1.83. The van der Waals surface area contributed by atoms with Gasteiger partial charge in [-0.15, -0.1) is 5.54 Å². The Labute approximate surface area is 122 Å². The van der Waals surface area contributed by atoms with E-state index < -0.39 is 8.07 Å². The van der Waals surface area contributed by atoms with E-state index in [1.807, 2.05) is 30.1 Å². The van der Waals surface area contributed by atoms with Gasteiger partial charge in [-0.2, -0.15) is 5.10 Å². The molecule has 1 aromatic carbocycles. The van der Waals surface area contributed by atoms with Crippen LogP contribution in [0, 0.1) is 11.5 Å². The molecule has 0 fully saturated rings. The Bertz CT molecular complexity index is 709. The number of nitrogens with zero attached hydrogens (tertiary/aromatic N) is 2. The Balaban J connectivity index is 2.51. The van der Waals surface area contributed by atoms with Crippen LogP contribution in [0.25, 0.3) is 10.9 Å². The van der Waals surface area contributed by atoms with Gasteiger partial charge in [0.1, 0.15) is 8.07 Å². The van der Waals surface area contributed by atoms with Crippen LogP contribution in [0.5, 0.6) is 0 Å². The summed E-state index contributed by atoms with van der Waals surface area (Å²) in [5, 5.41) is 5.56. The predicted octanol–water partition coefficient (Wildman–Crippen LogP) is 3.55. The number of anilines is 1. The van der Waals surface area contributed by atoms with E-state index in [0.29, 0.717) is 0 Å². The van der Waals surface area contributed by atoms with Gasteiger partial charge in [-0.3, -0.25) is 4.68 Å². The van der Waals surface area contributed by atoms with Gasteiger partial charge in [-0.25, -0.2) is 0 Å². The highest BCUT2D eigenvalue weighted by atomic mass is 28.3. The lowest BCUT2D eigenvalue weighted by atomic mass is 10.1. The normalized spacial score (nSPS) is 12.3. The van der Waals surface area contributed by atoms with Gasteiger partial charge in [0.15, 0.2) is 0 Å². The van der Waals surface area contributed by atoms with E-state index in [9.17, 15) is 0 Å². The molecule has 0 bridgehead atoms. The number of aromatic nitrogens is 2. The van der Waals surface area contributed by atoms with Crippen LogP contribution in [-0.4, -0.2) is 17.9 Å². The largest absolute Gasteiger partial charge is 0.396 e. The zero-order valence-corrected chi connectivity index (χ0v) is 14.2. The van der Waals surface area contributed by atoms with Crippen molar-refractivity contribution in [2.45, 2.75) is 38.9 Å². The summed E-state index contributed by atoms with van der Waals surface area (Å²) in [6.45, 7) is 11.4. The standard InChI is InChI=1S/C16H23N3Si/c1-16(2,3)20(5,6)10-9-12-7-8-13-11-18-19(4)15(13)14(12)17/h7-8,11H,17H2,1-6H3. The van der Waals surface area contributed by atoms with Crippen LogP contribution in [0.3, 0.4) is 0 Å². The minimum atomic E-state index is -1.61. The molecular weight excluding hydrogens is 262 g/mol. The van der Waals surface area contributed by atoms with Crippen LogP contribution < -0.4 is 5.73 Å². The van der Waals surface area contributed by atoms with Gasteiger partial charge in [0.2, 0.25) is 0 Å². The lowest BCUT2D eigenvalue weighted by molar-refractivity contribution is 0.731. The molecule has 3 nitrogen and oxygen atoms in total. The zero-order valence-electron chi connectivity index (χ0n) is 13.2. The molecule has 2 N–H and O–H groups in total. The van der Waals surface area contributed by atoms with E-state index in [-0.39, 0.29) is 5.04 Å². The number of rotatable bonds is 0. The van der Waals surface area contributed by atoms with E-state index in [1.165, 1.54) is 0 Å². The summed E-state index contributed by atoms with van der Waals surface area (Å²) in [5.74, 6) is 3.31. The molecule has 2 rings (SSSR count). The smallest absolute Gasteiger partial charge is 0.138 e. The van der Waals surface area contributed by atoms with E-state index in [4.69, 9.17) is 5.73 Å². The van der Waals surface area contributed by atoms with Crippen molar-refractivity contribution in [3.8, 4) is 11.5 Å². The van der Waals surface area contributed by atoms with Crippen molar-refractivity contribution in [3.05, 3.63) is 23.9 Å². The molecule has 0 radical (unpaired) electrons. The van der Waals surface area contributed by atoms with Crippen molar-refractivity contribution in [2.75, 3.05) is 5.73 Å². The fourth-order valence-corrected chi connectivity index (χ4v) is 2.64. The number of fused-ring (bicyclic) bond motifs is 1. The third kappa shape index (κ3) is 2.46. The molecular formula is C16H23N3Si. The lowest BCUT2D eigenvalue weighted by Crippen LogP contribution is -2.35. The number of hydrogen-bond acceptors (Lipinski definition) is 2. The highest BCUT2D eigenvalue weighted by molar-refractivity contribution is 6.87. The van der Waals surface area contributed by atoms with E-state index in [0.717, 1.165) is 22.2 Å². The Kier molecular flexibility index (Phi) is 3.43. The summed E-state index contributed by atoms with van der Waals surface area (Å²) in [4.78, 5) is 0. The Hall–Kier alpha value is -1.73. The second-order valence-corrected chi connectivity index (χ2v) is 11.9. The predicted molar refractivity (Wildman–Crippen MR) is 89.2 cm³/mol. The fourth-order valence-electron chi connectivity index (χ4n) is 1.82. The van der Waals surface area contributed by atoms with Crippen molar-refractivity contribution in [3.63, 3.8) is 0 Å². The van der Waals surface area contributed by atoms with Gasteiger partial charge >= 0.3 is 0 Å². The summed E-state index contributed by atoms with van der Waals surface area (Å²) in [5.41, 5.74) is 12.4. The third-order valence-electron chi connectivity index (χ3n) is 4.33. The number of benzene rings is 1. The number of nitrogens with two attached hydrogens (primary N) is 1. The summed E-state index contributed by atoms with van der Waals surface area (Å²) in [7, 11) is 0.292. The van der Waals surface area contributed by atoms with Gasteiger partial charge in [-0.1, -0.05) is 39.8 Å². The Morgan fingerprint density at radius 1 is 1.25 bits per heavy atom. The van der Waals surface area contributed by atoms with Crippen molar-refractivity contribution in [1.82, 2.24) is 9.78 Å². The third-order valence-corrected chi connectivity index (χ3v) is 8.83. The van der Waals surface area contributed by atoms with Gasteiger partial charge in [0.25, 0.3) is 0 Å². The summed E-state index contributed by atoms with van der Waals surface area (Å²) >= 11 is 0. The number of hydrogen-bond donors (Lipinski definition) is 1. The average molecular weight is 285 g/mol. The van der Waals surface area contributed by atoms with E-state index in [1.54, 1.807) is 0 Å². The maximum absolute atomic E-state index is 6.25. The molecule has 0 aliphatic rings. The van der Waals surface area contributed by atoms with E-state index in [2.05, 4.69) is 50.4 Å². The molecule has 20 heavy (non-hydrogen) atoms. The van der Waals surface area contributed by atoms with Crippen LogP contribution in [0.2, 0.25) is 18.1 Å². The highest BCUT2D eigenvalue weighted by Crippen LogP contribution is 2.35. The lowest BCUT2D eigenvalue weighted by Gasteiger charge is -2.31. The van der Waals surface area contributed by atoms with Gasteiger partial charge < -0.3 is 5.73 Å². The van der Waals surface area contributed by atoms with Gasteiger partial charge in [-0.05, 0) is 17.2 Å². The first-order valence-corrected chi connectivity index (χ1v) is 9.87. The summed E-state index contributed by atoms with van der Waals surface area (Å²) < 4.78 is 1.81. The van der Waals surface area contributed by atoms with Crippen LogP contribution in [-0.2, 0) is 7.05 Å². The summed E-state index contributed by atoms with van der Waals surface area (Å²) in [6, 6.07) is 4.04. The molecule has 1 aromatic heterocycles. The Morgan fingerprint density at radius 2 is 1.90 bits per heavy atom. The first-order valence-electron chi connectivity index (χ1n) is 6.87. The molecule has 106 valence electrons. The van der Waals surface area contributed by atoms with Crippen molar-refractivity contribution < 1.29 is 0 Å². The molecule has 1 heterocycles. The first kappa shape index (κ1) is 14.7.